The van der Waals surface area contributed by atoms with Crippen LogP contribution in [0.3, 0.4) is 0 Å². The molecule has 0 N–H and O–H groups in total. The lowest BCUT2D eigenvalue weighted by molar-refractivity contribution is 0.103. The smallest absolute Gasteiger partial charge is 0.212 e. The molecule has 3 aromatic rings. The number of rotatable bonds is 0. The zero-order valence-corrected chi connectivity index (χ0v) is 10.3. The molecule has 2 heterocycles. The SMILES string of the molecule is Cc1cnc2c3c(nccc13)C(=O)c1ccccc1-2. The van der Waals surface area contributed by atoms with E-state index in [0.717, 1.165) is 27.6 Å². The first kappa shape index (κ1) is 10.4. The highest BCUT2D eigenvalue weighted by Gasteiger charge is 2.27. The molecule has 0 radical (unpaired) electrons. The zero-order chi connectivity index (χ0) is 13.0. The van der Waals surface area contributed by atoms with Gasteiger partial charge in [-0.1, -0.05) is 24.3 Å². The maximum Gasteiger partial charge on any atom is 0.212 e. The summed E-state index contributed by atoms with van der Waals surface area (Å²) in [7, 11) is 0. The van der Waals surface area contributed by atoms with Gasteiger partial charge in [0.2, 0.25) is 5.78 Å². The summed E-state index contributed by atoms with van der Waals surface area (Å²) in [6.45, 7) is 2.00. The van der Waals surface area contributed by atoms with Crippen molar-refractivity contribution >= 4 is 16.6 Å². The summed E-state index contributed by atoms with van der Waals surface area (Å²) in [6, 6.07) is 9.53. The fourth-order valence-electron chi connectivity index (χ4n) is 2.72. The van der Waals surface area contributed by atoms with Gasteiger partial charge in [-0.05, 0) is 23.9 Å². The van der Waals surface area contributed by atoms with Crippen LogP contribution < -0.4 is 0 Å². The van der Waals surface area contributed by atoms with Gasteiger partial charge in [0, 0.05) is 28.9 Å². The average molecular weight is 246 g/mol. The molecule has 0 spiro atoms. The highest BCUT2D eigenvalue weighted by molar-refractivity contribution is 6.24. The molecule has 0 bridgehead atoms. The summed E-state index contributed by atoms with van der Waals surface area (Å²) in [6.07, 6.45) is 3.55. The first-order valence-electron chi connectivity index (χ1n) is 6.16. The fraction of sp³-hybridized carbons (Fsp3) is 0.0625. The molecular formula is C16H10N2O. The number of ketones is 1. The second-order valence-electron chi connectivity index (χ2n) is 4.75. The Bertz CT molecular complexity index is 852. The van der Waals surface area contributed by atoms with Crippen molar-refractivity contribution < 1.29 is 4.79 Å². The summed E-state index contributed by atoms with van der Waals surface area (Å²) in [5, 5.41) is 1.93. The number of carbonyl (C=O) groups excluding carboxylic acids is 1. The Morgan fingerprint density at radius 2 is 1.74 bits per heavy atom. The molecule has 0 atom stereocenters. The van der Waals surface area contributed by atoms with Gasteiger partial charge in [-0.3, -0.25) is 14.8 Å². The minimum absolute atomic E-state index is 0.0129. The Morgan fingerprint density at radius 1 is 0.947 bits per heavy atom. The predicted molar refractivity (Wildman–Crippen MR) is 73.1 cm³/mol. The minimum atomic E-state index is -0.0129. The van der Waals surface area contributed by atoms with Gasteiger partial charge in [-0.15, -0.1) is 0 Å². The van der Waals surface area contributed by atoms with Crippen LogP contribution in [-0.2, 0) is 0 Å². The Hall–Kier alpha value is -2.55. The second-order valence-corrected chi connectivity index (χ2v) is 4.75. The van der Waals surface area contributed by atoms with Crippen LogP contribution in [0.5, 0.6) is 0 Å². The van der Waals surface area contributed by atoms with E-state index >= 15 is 0 Å². The van der Waals surface area contributed by atoms with Gasteiger partial charge in [0.25, 0.3) is 0 Å². The first-order valence-corrected chi connectivity index (χ1v) is 6.16. The number of aryl methyl sites for hydroxylation is 1. The van der Waals surface area contributed by atoms with Crippen molar-refractivity contribution in [3.8, 4) is 11.3 Å². The number of benzene rings is 1. The quantitative estimate of drug-likeness (QED) is 0.478. The van der Waals surface area contributed by atoms with Crippen LogP contribution in [0.15, 0.2) is 42.7 Å². The molecule has 1 aliphatic carbocycles. The topological polar surface area (TPSA) is 42.9 Å². The zero-order valence-electron chi connectivity index (χ0n) is 10.3. The van der Waals surface area contributed by atoms with Crippen molar-refractivity contribution in [3.63, 3.8) is 0 Å². The van der Waals surface area contributed by atoms with Crippen LogP contribution in [-0.4, -0.2) is 15.8 Å². The van der Waals surface area contributed by atoms with Crippen molar-refractivity contribution in [1.29, 1.82) is 0 Å². The van der Waals surface area contributed by atoms with Gasteiger partial charge in [-0.2, -0.15) is 0 Å². The van der Waals surface area contributed by atoms with Gasteiger partial charge < -0.3 is 0 Å². The Kier molecular flexibility index (Phi) is 1.90. The highest BCUT2D eigenvalue weighted by Crippen LogP contribution is 2.37. The van der Waals surface area contributed by atoms with E-state index in [9.17, 15) is 4.79 Å². The molecule has 0 saturated carbocycles. The van der Waals surface area contributed by atoms with Crippen molar-refractivity contribution in [2.45, 2.75) is 6.92 Å². The average Bonchev–Trinajstić information content (AvgIpc) is 2.46. The lowest BCUT2D eigenvalue weighted by atomic mass is 9.88. The number of fused-ring (bicyclic) bond motifs is 2. The largest absolute Gasteiger partial charge is 0.287 e. The van der Waals surface area contributed by atoms with Crippen molar-refractivity contribution in [3.05, 3.63) is 59.5 Å². The van der Waals surface area contributed by atoms with Gasteiger partial charge in [0.1, 0.15) is 5.69 Å². The van der Waals surface area contributed by atoms with E-state index in [1.165, 1.54) is 0 Å². The number of hydrogen-bond acceptors (Lipinski definition) is 3. The minimum Gasteiger partial charge on any atom is -0.287 e. The van der Waals surface area contributed by atoms with Crippen molar-refractivity contribution in [1.82, 2.24) is 9.97 Å². The summed E-state index contributed by atoms with van der Waals surface area (Å²) in [5.74, 6) is -0.0129. The molecule has 1 aromatic carbocycles. The van der Waals surface area contributed by atoms with E-state index in [0.29, 0.717) is 11.3 Å². The Balaban J connectivity index is 2.28. The van der Waals surface area contributed by atoms with Gasteiger partial charge in [-0.25, -0.2) is 0 Å². The molecule has 0 fully saturated rings. The standard InChI is InChI=1S/C16H10N2O/c1-9-8-18-14-11-4-2-3-5-12(11)16(19)15-13(14)10(9)6-7-17-15/h2-8H,1H3. The molecule has 2 aromatic heterocycles. The maximum atomic E-state index is 12.5. The number of pyridine rings is 2. The monoisotopic (exact) mass is 246 g/mol. The van der Waals surface area contributed by atoms with E-state index in [-0.39, 0.29) is 5.78 Å². The van der Waals surface area contributed by atoms with Crippen LogP contribution in [0, 0.1) is 6.92 Å². The van der Waals surface area contributed by atoms with E-state index < -0.39 is 0 Å². The van der Waals surface area contributed by atoms with Crippen LogP contribution in [0.1, 0.15) is 21.6 Å². The van der Waals surface area contributed by atoms with Crippen molar-refractivity contribution in [2.24, 2.45) is 0 Å². The van der Waals surface area contributed by atoms with Gasteiger partial charge in [0.05, 0.1) is 5.69 Å². The molecule has 90 valence electrons. The number of nitrogens with zero attached hydrogens (tertiary/aromatic N) is 2. The molecule has 3 heteroatoms. The van der Waals surface area contributed by atoms with Gasteiger partial charge in [0.15, 0.2) is 0 Å². The normalized spacial score (nSPS) is 12.6. The second kappa shape index (κ2) is 3.48. The third-order valence-corrected chi connectivity index (χ3v) is 3.64. The van der Waals surface area contributed by atoms with Crippen molar-refractivity contribution in [2.75, 3.05) is 0 Å². The molecule has 19 heavy (non-hydrogen) atoms. The third kappa shape index (κ3) is 1.24. The number of carbonyl (C=O) groups is 1. The maximum absolute atomic E-state index is 12.5. The molecule has 0 aliphatic heterocycles. The summed E-state index contributed by atoms with van der Waals surface area (Å²) in [4.78, 5) is 21.3. The van der Waals surface area contributed by atoms with Crippen LogP contribution in [0.2, 0.25) is 0 Å². The van der Waals surface area contributed by atoms with Crippen LogP contribution >= 0.6 is 0 Å². The Morgan fingerprint density at radius 3 is 2.58 bits per heavy atom. The first-order chi connectivity index (χ1) is 9.27. The molecule has 0 saturated heterocycles. The van der Waals surface area contributed by atoms with E-state index in [1.54, 1.807) is 6.20 Å². The van der Waals surface area contributed by atoms with E-state index in [1.807, 2.05) is 43.5 Å². The third-order valence-electron chi connectivity index (χ3n) is 3.64. The number of aromatic nitrogens is 2. The predicted octanol–water partition coefficient (Wildman–Crippen LogP) is 3.15. The molecule has 0 amide bonds. The van der Waals surface area contributed by atoms with Gasteiger partial charge >= 0.3 is 0 Å². The van der Waals surface area contributed by atoms with E-state index in [2.05, 4.69) is 9.97 Å². The highest BCUT2D eigenvalue weighted by atomic mass is 16.1. The summed E-state index contributed by atoms with van der Waals surface area (Å²) in [5.41, 5.74) is 4.03. The van der Waals surface area contributed by atoms with Crippen LogP contribution in [0.25, 0.3) is 22.0 Å². The lowest BCUT2D eigenvalue weighted by Crippen LogP contribution is -2.12. The number of hydrogen-bond donors (Lipinski definition) is 0. The van der Waals surface area contributed by atoms with E-state index in [4.69, 9.17) is 0 Å². The summed E-state index contributed by atoms with van der Waals surface area (Å²) >= 11 is 0. The van der Waals surface area contributed by atoms with Crippen LogP contribution in [0.4, 0.5) is 0 Å². The summed E-state index contributed by atoms with van der Waals surface area (Å²) < 4.78 is 0. The fourth-order valence-corrected chi connectivity index (χ4v) is 2.72. The molecular weight excluding hydrogens is 236 g/mol. The Labute approximate surface area is 109 Å². The molecule has 3 nitrogen and oxygen atoms in total. The molecule has 4 rings (SSSR count). The lowest BCUT2D eigenvalue weighted by Gasteiger charge is -2.18. The molecule has 1 aliphatic rings. The molecule has 0 unspecified atom stereocenters.